The molecule has 0 heterocycles. The third kappa shape index (κ3) is 8.19. The minimum atomic E-state index is -3.05. The fraction of sp³-hybridized carbons (Fsp3) is 0.569. The molecule has 1 aliphatic rings. The topological polar surface area (TPSA) is 0 Å². The Balaban J connectivity index is 2.72. The van der Waals surface area contributed by atoms with Gasteiger partial charge in [0.05, 0.1) is 48.4 Å². The molecule has 3 aromatic rings. The smallest absolute Gasteiger partial charge is 0.0656 e. The number of rotatable bonds is 10. The first kappa shape index (κ1) is 49.3. The largest absolute Gasteiger partial charge is 0.160 e. The van der Waals surface area contributed by atoms with E-state index in [4.69, 9.17) is 0 Å². The van der Waals surface area contributed by atoms with Crippen LogP contribution in [-0.4, -0.2) is 56.5 Å². The molecule has 0 radical (unpaired) electrons. The Morgan fingerprint density at radius 1 is 0.293 bits per heavy atom. The van der Waals surface area contributed by atoms with E-state index in [1.165, 1.54) is 11.1 Å². The van der Waals surface area contributed by atoms with Crippen LogP contribution in [0.5, 0.6) is 0 Å². The predicted molar refractivity (Wildman–Crippen MR) is 291 cm³/mol. The molecule has 1 aliphatic carbocycles. The molecule has 0 atom stereocenters. The minimum Gasteiger partial charge on any atom is -0.0656 e. The SMILES string of the molecule is CC1=C(C)C([Si](c2c(C)cc([Si](C)(C)C)c([Si](C)(C)C)c2C)(c2c(C)cc([Si](C)(C)C)c([Si](C)(C)C)c2C)c2c(C)cc([Si](C)(C)C)c([Si](C)(C)C)c2C)C(C)=C1C. The fourth-order valence-electron chi connectivity index (χ4n) is 12.3. The number of aryl methyl sites for hydroxylation is 3. The average molecular weight is 898 g/mol. The zero-order valence-electron chi connectivity index (χ0n) is 43.3. The lowest BCUT2D eigenvalue weighted by atomic mass is 10.1. The summed E-state index contributed by atoms with van der Waals surface area (Å²) in [6.07, 6.45) is 0. The van der Waals surface area contributed by atoms with Gasteiger partial charge in [0.15, 0.2) is 8.07 Å². The van der Waals surface area contributed by atoms with Crippen LogP contribution in [0.25, 0.3) is 0 Å². The summed E-state index contributed by atoms with van der Waals surface area (Å²) in [5, 5.41) is 15.8. The van der Waals surface area contributed by atoms with Crippen molar-refractivity contribution in [1.82, 2.24) is 0 Å². The van der Waals surface area contributed by atoms with Gasteiger partial charge in [-0.3, -0.25) is 0 Å². The molecule has 0 saturated heterocycles. The van der Waals surface area contributed by atoms with E-state index in [1.807, 2.05) is 0 Å². The maximum atomic E-state index is 2.79. The third-order valence-corrected chi connectivity index (χ3v) is 33.8. The van der Waals surface area contributed by atoms with Gasteiger partial charge >= 0.3 is 0 Å². The normalized spacial score (nSPS) is 15.7. The number of hydrogen-bond donors (Lipinski definition) is 0. The van der Waals surface area contributed by atoms with Gasteiger partial charge in [-0.1, -0.05) is 212 Å². The molecule has 4 rings (SSSR count). The summed E-state index contributed by atoms with van der Waals surface area (Å²) in [5.41, 5.74) is 16.4. The van der Waals surface area contributed by atoms with Crippen molar-refractivity contribution in [2.24, 2.45) is 0 Å². The molecule has 0 N–H and O–H groups in total. The Bertz CT molecular complexity index is 1990. The fourth-order valence-corrected chi connectivity index (χ4v) is 38.1. The molecule has 58 heavy (non-hydrogen) atoms. The van der Waals surface area contributed by atoms with Crippen molar-refractivity contribution in [3.05, 3.63) is 73.9 Å². The lowest BCUT2D eigenvalue weighted by Gasteiger charge is -2.49. The van der Waals surface area contributed by atoms with Gasteiger partial charge in [-0.05, 0) is 95.9 Å². The number of hydrogen-bond acceptors (Lipinski definition) is 0. The second kappa shape index (κ2) is 15.5. The van der Waals surface area contributed by atoms with Crippen LogP contribution < -0.4 is 46.7 Å². The second-order valence-corrected chi connectivity index (χ2v) is 59.0. The Morgan fingerprint density at radius 3 is 0.672 bits per heavy atom. The highest BCUT2D eigenvalue weighted by molar-refractivity contribution is 7.16. The molecule has 0 nitrogen and oxygen atoms in total. The van der Waals surface area contributed by atoms with Crippen LogP contribution in [0.2, 0.25) is 123 Å². The van der Waals surface area contributed by atoms with E-state index < -0.39 is 56.5 Å². The van der Waals surface area contributed by atoms with Gasteiger partial charge in [0.1, 0.15) is 0 Å². The highest BCUT2D eigenvalue weighted by atomic mass is 28.3. The van der Waals surface area contributed by atoms with Crippen LogP contribution in [0.15, 0.2) is 40.5 Å². The van der Waals surface area contributed by atoms with Gasteiger partial charge in [0, 0.05) is 5.54 Å². The van der Waals surface area contributed by atoms with Gasteiger partial charge in [-0.15, -0.1) is 0 Å². The zero-order valence-corrected chi connectivity index (χ0v) is 50.3. The molecular weight excluding hydrogens is 809 g/mol. The highest BCUT2D eigenvalue weighted by Crippen LogP contribution is 2.48. The highest BCUT2D eigenvalue weighted by Gasteiger charge is 2.56. The number of benzene rings is 3. The Kier molecular flexibility index (Phi) is 13.2. The quantitative estimate of drug-likeness (QED) is 0.141. The summed E-state index contributed by atoms with van der Waals surface area (Å²) in [6, 6.07) is 8.37. The summed E-state index contributed by atoms with van der Waals surface area (Å²) in [6.45, 7) is 72.9. The molecule has 0 saturated carbocycles. The van der Waals surface area contributed by atoms with Crippen LogP contribution in [0.4, 0.5) is 0 Å². The molecule has 0 aromatic heterocycles. The summed E-state index contributed by atoms with van der Waals surface area (Å²) in [7, 11) is -13.6. The van der Waals surface area contributed by atoms with Crippen molar-refractivity contribution >= 4 is 103 Å². The van der Waals surface area contributed by atoms with E-state index in [0.717, 1.165) is 0 Å². The minimum absolute atomic E-state index is 0.353. The summed E-state index contributed by atoms with van der Waals surface area (Å²) >= 11 is 0. The van der Waals surface area contributed by atoms with Crippen LogP contribution >= 0.6 is 0 Å². The predicted octanol–water partition coefficient (Wildman–Crippen LogP) is 10.3. The van der Waals surface area contributed by atoms with Crippen molar-refractivity contribution in [1.29, 1.82) is 0 Å². The molecule has 0 spiro atoms. The molecule has 0 fully saturated rings. The van der Waals surface area contributed by atoms with Gasteiger partial charge < -0.3 is 0 Å². The summed E-state index contributed by atoms with van der Waals surface area (Å²) in [5.74, 6) is 0. The van der Waals surface area contributed by atoms with Crippen molar-refractivity contribution in [2.75, 3.05) is 0 Å². The van der Waals surface area contributed by atoms with Gasteiger partial charge in [0.25, 0.3) is 0 Å². The molecule has 0 unspecified atom stereocenters. The van der Waals surface area contributed by atoms with E-state index in [9.17, 15) is 0 Å². The summed E-state index contributed by atoms with van der Waals surface area (Å²) < 4.78 is 0. The third-order valence-electron chi connectivity index (χ3n) is 14.2. The second-order valence-electron chi connectivity index (χ2n) is 25.2. The maximum Gasteiger partial charge on any atom is 0.160 e. The first-order valence-corrected chi connectivity index (χ1v) is 45.7. The molecule has 0 bridgehead atoms. The lowest BCUT2D eigenvalue weighted by molar-refractivity contribution is 1.08. The number of allylic oxidation sites excluding steroid dienone is 4. The molecular formula is C51H88Si7. The molecule has 0 aliphatic heterocycles. The molecule has 7 heteroatoms. The molecule has 3 aromatic carbocycles. The Hall–Kier alpha value is -1.34. The lowest BCUT2D eigenvalue weighted by Crippen LogP contribution is -2.78. The van der Waals surface area contributed by atoms with Crippen LogP contribution in [0.3, 0.4) is 0 Å². The van der Waals surface area contributed by atoms with Crippen molar-refractivity contribution in [2.45, 2.75) is 193 Å². The first-order valence-electron chi connectivity index (χ1n) is 22.6. The monoisotopic (exact) mass is 897 g/mol. The van der Waals surface area contributed by atoms with Crippen molar-refractivity contribution in [3.63, 3.8) is 0 Å². The van der Waals surface area contributed by atoms with Gasteiger partial charge in [0.2, 0.25) is 0 Å². The van der Waals surface area contributed by atoms with Gasteiger partial charge in [-0.2, -0.15) is 0 Å². The Morgan fingerprint density at radius 2 is 0.500 bits per heavy atom. The van der Waals surface area contributed by atoms with Crippen LogP contribution in [0, 0.1) is 41.5 Å². The first-order chi connectivity index (χ1) is 25.8. The average Bonchev–Trinajstić information content (AvgIpc) is 3.18. The van der Waals surface area contributed by atoms with E-state index in [0.29, 0.717) is 5.54 Å². The maximum absolute atomic E-state index is 3.05. The zero-order chi connectivity index (χ0) is 45.2. The van der Waals surface area contributed by atoms with Crippen LogP contribution in [-0.2, 0) is 0 Å². The van der Waals surface area contributed by atoms with Crippen LogP contribution in [0.1, 0.15) is 61.1 Å². The molecule has 320 valence electrons. The van der Waals surface area contributed by atoms with E-state index in [1.54, 1.807) is 91.2 Å². The van der Waals surface area contributed by atoms with E-state index in [2.05, 4.69) is 205 Å². The molecule has 0 amide bonds. The Labute approximate surface area is 367 Å². The van der Waals surface area contributed by atoms with Crippen molar-refractivity contribution < 1.29 is 0 Å². The van der Waals surface area contributed by atoms with E-state index >= 15 is 0 Å². The van der Waals surface area contributed by atoms with Gasteiger partial charge in [-0.25, -0.2) is 0 Å². The van der Waals surface area contributed by atoms with E-state index in [-0.39, 0.29) is 0 Å². The van der Waals surface area contributed by atoms with Crippen molar-refractivity contribution in [3.8, 4) is 0 Å². The standard InChI is InChI=1S/C51H88Si7/c1-32-29-42(52(11,12)13)49(55(20,21)22)39(8)45(32)58(48-37(6)35(4)36(5)38(48)7,46-33(2)30-43(53(14,15)16)50(40(46)9)56(23,24)25)47-34(3)31-44(54(17,18)19)51(41(47)10)57(26,27)28/h29-31,48H,1-28H3. The summed E-state index contributed by atoms with van der Waals surface area (Å²) in [4.78, 5) is 0.